The maximum atomic E-state index is 13.9. The number of hydrogen-bond donors (Lipinski definition) is 0. The van der Waals surface area contributed by atoms with Crippen LogP contribution in [0.15, 0.2) is 28.9 Å². The molecule has 1 amide bonds. The molecular formula is C21H26BrFN2O4. The van der Waals surface area contributed by atoms with E-state index in [1.54, 1.807) is 24.0 Å². The minimum atomic E-state index is -0.642. The number of benzene rings is 1. The van der Waals surface area contributed by atoms with Crippen LogP contribution < -0.4 is 0 Å². The molecule has 0 N–H and O–H groups in total. The van der Waals surface area contributed by atoms with Crippen LogP contribution in [0.1, 0.15) is 33.3 Å². The average Bonchev–Trinajstić information content (AvgIpc) is 2.92. The van der Waals surface area contributed by atoms with Crippen molar-refractivity contribution in [1.82, 2.24) is 9.80 Å². The normalized spacial score (nSPS) is 21.9. The van der Waals surface area contributed by atoms with Gasteiger partial charge in [-0.05, 0) is 61.3 Å². The number of hydrogen-bond acceptors (Lipinski definition) is 5. The Morgan fingerprint density at radius 3 is 2.62 bits per heavy atom. The van der Waals surface area contributed by atoms with E-state index in [0.29, 0.717) is 30.8 Å². The van der Waals surface area contributed by atoms with Gasteiger partial charge in [0.15, 0.2) is 0 Å². The van der Waals surface area contributed by atoms with E-state index >= 15 is 0 Å². The lowest BCUT2D eigenvalue weighted by Crippen LogP contribution is -2.55. The van der Waals surface area contributed by atoms with Crippen molar-refractivity contribution in [2.75, 3.05) is 26.2 Å². The second-order valence-electron chi connectivity index (χ2n) is 8.13. The van der Waals surface area contributed by atoms with Gasteiger partial charge in [-0.15, -0.1) is 0 Å². The summed E-state index contributed by atoms with van der Waals surface area (Å²) in [6.07, 6.45) is -0.407. The van der Waals surface area contributed by atoms with E-state index < -0.39 is 17.6 Å². The van der Waals surface area contributed by atoms with Gasteiger partial charge in [0.25, 0.3) is 0 Å². The first kappa shape index (κ1) is 21.6. The largest absolute Gasteiger partial charge is 0.465 e. The van der Waals surface area contributed by atoms with Crippen LogP contribution in [-0.4, -0.2) is 59.7 Å². The van der Waals surface area contributed by atoms with Gasteiger partial charge in [-0.25, -0.2) is 9.18 Å². The predicted octanol–water partition coefficient (Wildman–Crippen LogP) is 4.00. The SMILES string of the molecule is CCOC(=O)C1C(c2cccc(F)c2)=C(Br)N2CCN(C(=O)OC(C)(C)C)CC12. The first-order chi connectivity index (χ1) is 13.6. The summed E-state index contributed by atoms with van der Waals surface area (Å²) in [5, 5.41) is 0. The van der Waals surface area contributed by atoms with Crippen molar-refractivity contribution in [2.24, 2.45) is 5.92 Å². The van der Waals surface area contributed by atoms with Gasteiger partial charge in [0.05, 0.1) is 17.3 Å². The number of ether oxygens (including phenoxy) is 2. The molecule has 0 aliphatic carbocycles. The van der Waals surface area contributed by atoms with E-state index in [4.69, 9.17) is 9.47 Å². The van der Waals surface area contributed by atoms with Crippen LogP contribution in [0.3, 0.4) is 0 Å². The van der Waals surface area contributed by atoms with Gasteiger partial charge >= 0.3 is 12.1 Å². The van der Waals surface area contributed by atoms with Crippen molar-refractivity contribution >= 4 is 33.6 Å². The zero-order valence-corrected chi connectivity index (χ0v) is 18.7. The summed E-state index contributed by atoms with van der Waals surface area (Å²) in [5.74, 6) is -1.41. The van der Waals surface area contributed by atoms with Crippen molar-refractivity contribution in [3.63, 3.8) is 0 Å². The number of nitrogens with zero attached hydrogens (tertiary/aromatic N) is 2. The molecule has 0 saturated carbocycles. The zero-order chi connectivity index (χ0) is 21.3. The molecule has 2 aliphatic heterocycles. The van der Waals surface area contributed by atoms with Crippen molar-refractivity contribution in [3.8, 4) is 0 Å². The number of carbonyl (C=O) groups excluding carboxylic acids is 2. The van der Waals surface area contributed by atoms with Gasteiger partial charge < -0.3 is 19.3 Å². The third-order valence-electron chi connectivity index (χ3n) is 4.92. The maximum absolute atomic E-state index is 13.9. The van der Waals surface area contributed by atoms with Crippen LogP contribution >= 0.6 is 15.9 Å². The highest BCUT2D eigenvalue weighted by Gasteiger charge is 2.48. The van der Waals surface area contributed by atoms with E-state index in [9.17, 15) is 14.0 Å². The number of rotatable bonds is 3. The van der Waals surface area contributed by atoms with Crippen molar-refractivity contribution in [2.45, 2.75) is 39.3 Å². The molecule has 0 radical (unpaired) electrons. The van der Waals surface area contributed by atoms with Gasteiger partial charge in [0.1, 0.15) is 17.3 Å². The smallest absolute Gasteiger partial charge is 0.410 e. The van der Waals surface area contributed by atoms with Crippen LogP contribution in [0.4, 0.5) is 9.18 Å². The second-order valence-corrected chi connectivity index (χ2v) is 8.88. The molecule has 2 heterocycles. The van der Waals surface area contributed by atoms with Gasteiger partial charge in [0.2, 0.25) is 0 Å². The maximum Gasteiger partial charge on any atom is 0.410 e. The molecular weight excluding hydrogens is 443 g/mol. The Morgan fingerprint density at radius 2 is 2.00 bits per heavy atom. The molecule has 1 saturated heterocycles. The Kier molecular flexibility index (Phi) is 6.22. The fourth-order valence-corrected chi connectivity index (χ4v) is 4.68. The summed E-state index contributed by atoms with van der Waals surface area (Å²) in [6.45, 7) is 8.75. The molecule has 6 nitrogen and oxygen atoms in total. The number of esters is 1. The zero-order valence-electron chi connectivity index (χ0n) is 17.1. The number of piperazine rings is 1. The lowest BCUT2D eigenvalue weighted by molar-refractivity contribution is -0.147. The van der Waals surface area contributed by atoms with Gasteiger partial charge in [-0.2, -0.15) is 0 Å². The third-order valence-corrected chi connectivity index (χ3v) is 5.80. The Labute approximate surface area is 178 Å². The Hall–Kier alpha value is -2.09. The van der Waals surface area contributed by atoms with E-state index in [-0.39, 0.29) is 24.4 Å². The molecule has 0 bridgehead atoms. The standard InChI is InChI=1S/C21H26BrFN2O4/c1-5-28-19(26)17-15-12-24(20(27)29-21(2,3)4)9-10-25(15)18(22)16(17)13-7-6-8-14(23)11-13/h6-8,11,15,17H,5,9-10,12H2,1-4H3. The van der Waals surface area contributed by atoms with E-state index in [1.807, 2.05) is 25.7 Å². The van der Waals surface area contributed by atoms with Gasteiger partial charge in [0, 0.05) is 25.2 Å². The predicted molar refractivity (Wildman–Crippen MR) is 111 cm³/mol. The first-order valence-electron chi connectivity index (χ1n) is 9.69. The van der Waals surface area contributed by atoms with Crippen LogP contribution in [0.5, 0.6) is 0 Å². The fraction of sp³-hybridized carbons (Fsp3) is 0.524. The van der Waals surface area contributed by atoms with E-state index in [1.165, 1.54) is 12.1 Å². The third kappa shape index (κ3) is 4.57. The second kappa shape index (κ2) is 8.34. The molecule has 2 aliphatic rings. The Balaban J connectivity index is 1.93. The number of amides is 1. The lowest BCUT2D eigenvalue weighted by atomic mass is 9.89. The van der Waals surface area contributed by atoms with E-state index in [0.717, 1.165) is 4.61 Å². The summed E-state index contributed by atoms with van der Waals surface area (Å²) in [6, 6.07) is 5.85. The number of fused-ring (bicyclic) bond motifs is 1. The summed E-state index contributed by atoms with van der Waals surface area (Å²) >= 11 is 3.61. The molecule has 1 aromatic rings. The molecule has 0 aromatic heterocycles. The molecule has 1 fully saturated rings. The summed E-state index contributed by atoms with van der Waals surface area (Å²) in [7, 11) is 0. The molecule has 8 heteroatoms. The highest BCUT2D eigenvalue weighted by Crippen LogP contribution is 2.45. The highest BCUT2D eigenvalue weighted by atomic mass is 79.9. The average molecular weight is 469 g/mol. The van der Waals surface area contributed by atoms with Gasteiger partial charge in [-0.1, -0.05) is 12.1 Å². The van der Waals surface area contributed by atoms with Crippen LogP contribution in [-0.2, 0) is 14.3 Å². The van der Waals surface area contributed by atoms with Crippen molar-refractivity contribution < 1.29 is 23.5 Å². The highest BCUT2D eigenvalue weighted by molar-refractivity contribution is 9.11. The Morgan fingerprint density at radius 1 is 1.28 bits per heavy atom. The van der Waals surface area contributed by atoms with Gasteiger partial charge in [-0.3, -0.25) is 4.79 Å². The quantitative estimate of drug-likeness (QED) is 0.495. The Bertz CT molecular complexity index is 836. The van der Waals surface area contributed by atoms with Crippen LogP contribution in [0, 0.1) is 11.7 Å². The molecule has 29 heavy (non-hydrogen) atoms. The number of carbonyl (C=O) groups is 2. The molecule has 1 aromatic carbocycles. The lowest BCUT2D eigenvalue weighted by Gasteiger charge is -2.40. The molecule has 2 unspecified atom stereocenters. The molecule has 0 spiro atoms. The number of halogens is 2. The van der Waals surface area contributed by atoms with Crippen molar-refractivity contribution in [3.05, 3.63) is 40.3 Å². The summed E-state index contributed by atoms with van der Waals surface area (Å²) in [5.41, 5.74) is 0.697. The van der Waals surface area contributed by atoms with Crippen LogP contribution in [0.25, 0.3) is 5.57 Å². The molecule has 158 valence electrons. The molecule has 3 rings (SSSR count). The topological polar surface area (TPSA) is 59.1 Å². The van der Waals surface area contributed by atoms with Crippen LogP contribution in [0.2, 0.25) is 0 Å². The van der Waals surface area contributed by atoms with Crippen molar-refractivity contribution in [1.29, 1.82) is 0 Å². The first-order valence-corrected chi connectivity index (χ1v) is 10.5. The fourth-order valence-electron chi connectivity index (χ4n) is 3.77. The monoisotopic (exact) mass is 468 g/mol. The summed E-state index contributed by atoms with van der Waals surface area (Å²) in [4.78, 5) is 29.1. The minimum absolute atomic E-state index is 0.242. The molecule has 2 atom stereocenters. The summed E-state index contributed by atoms with van der Waals surface area (Å²) < 4.78 is 25.4. The minimum Gasteiger partial charge on any atom is -0.465 e. The van der Waals surface area contributed by atoms with E-state index in [2.05, 4.69) is 15.9 Å².